The largest absolute Gasteiger partial charge is 0.294 e. The molecule has 1 atom stereocenters. The lowest BCUT2D eigenvalue weighted by atomic mass is 9.82. The van der Waals surface area contributed by atoms with Crippen LogP contribution in [0.3, 0.4) is 0 Å². The summed E-state index contributed by atoms with van der Waals surface area (Å²) in [5, 5.41) is 5.10. The molecule has 0 bridgehead atoms. The number of Topliss-reactive ketones (excluding diaryl/α,β-unsaturated/α-hetero) is 1. The van der Waals surface area contributed by atoms with Gasteiger partial charge >= 0.3 is 0 Å². The fourth-order valence-electron chi connectivity index (χ4n) is 3.62. The second-order valence-corrected chi connectivity index (χ2v) is 8.04. The first-order valence-corrected chi connectivity index (χ1v) is 10.4. The van der Waals surface area contributed by atoms with E-state index in [1.54, 1.807) is 22.8 Å². The highest BCUT2D eigenvalue weighted by molar-refractivity contribution is 7.98. The number of fused-ring (bicyclic) bond motifs is 2. The molecule has 1 aliphatic rings. The fourth-order valence-corrected chi connectivity index (χ4v) is 4.40. The molecule has 29 heavy (non-hydrogen) atoms. The molecule has 5 nitrogen and oxygen atoms in total. The van der Waals surface area contributed by atoms with Crippen molar-refractivity contribution < 1.29 is 9.18 Å². The Hall–Kier alpha value is -3.06. The number of nitrogens with zero attached hydrogens (tertiary/aromatic N) is 4. The predicted octanol–water partition coefficient (Wildman–Crippen LogP) is 4.47. The minimum Gasteiger partial charge on any atom is -0.294 e. The van der Waals surface area contributed by atoms with Gasteiger partial charge in [-0.15, -0.1) is 5.10 Å². The van der Waals surface area contributed by atoms with Gasteiger partial charge < -0.3 is 0 Å². The van der Waals surface area contributed by atoms with Crippen LogP contribution in [0.25, 0.3) is 5.78 Å². The van der Waals surface area contributed by atoms with E-state index in [-0.39, 0.29) is 17.5 Å². The summed E-state index contributed by atoms with van der Waals surface area (Å²) < 4.78 is 14.8. The summed E-state index contributed by atoms with van der Waals surface area (Å²) >= 11 is 1.54. The Bertz CT molecular complexity index is 1190. The third kappa shape index (κ3) is 3.65. The van der Waals surface area contributed by atoms with Crippen molar-refractivity contribution >= 4 is 23.3 Å². The lowest BCUT2D eigenvalue weighted by Gasteiger charge is -2.23. The van der Waals surface area contributed by atoms with Crippen molar-refractivity contribution in [1.82, 2.24) is 19.6 Å². The number of ketones is 1. The molecule has 0 spiro atoms. The first-order valence-electron chi connectivity index (χ1n) is 9.37. The highest BCUT2D eigenvalue weighted by atomic mass is 32.2. The molecule has 2 aromatic heterocycles. The van der Waals surface area contributed by atoms with Gasteiger partial charge in [0.05, 0.1) is 11.3 Å². The smallest absolute Gasteiger partial charge is 0.253 e. The molecule has 0 N–H and O–H groups in total. The van der Waals surface area contributed by atoms with Crippen LogP contribution in [0.4, 0.5) is 4.39 Å². The van der Waals surface area contributed by atoms with E-state index in [0.29, 0.717) is 29.3 Å². The molecule has 2 aromatic carbocycles. The van der Waals surface area contributed by atoms with E-state index >= 15 is 0 Å². The van der Waals surface area contributed by atoms with Gasteiger partial charge in [0, 0.05) is 18.4 Å². The summed E-state index contributed by atoms with van der Waals surface area (Å²) in [5.41, 5.74) is 3.48. The Morgan fingerprint density at radius 2 is 1.83 bits per heavy atom. The molecule has 5 rings (SSSR count). The van der Waals surface area contributed by atoms with Crippen molar-refractivity contribution in [2.24, 2.45) is 0 Å². The van der Waals surface area contributed by atoms with E-state index in [4.69, 9.17) is 0 Å². The molecule has 0 amide bonds. The summed E-state index contributed by atoms with van der Waals surface area (Å²) in [6.45, 7) is 0. The van der Waals surface area contributed by atoms with Crippen LogP contribution in [0.15, 0.2) is 66.0 Å². The number of halogens is 1. The van der Waals surface area contributed by atoms with Gasteiger partial charge in [-0.2, -0.15) is 4.98 Å². The maximum absolute atomic E-state index is 13.2. The lowest BCUT2D eigenvalue weighted by Crippen LogP contribution is -2.21. The maximum atomic E-state index is 13.2. The molecule has 2 heterocycles. The monoisotopic (exact) mass is 404 g/mol. The van der Waals surface area contributed by atoms with Gasteiger partial charge in [-0.05, 0) is 35.6 Å². The fraction of sp³-hybridized carbons (Fsp3) is 0.182. The lowest BCUT2D eigenvalue weighted by molar-refractivity contribution is 0.0962. The number of hydrogen-bond acceptors (Lipinski definition) is 5. The summed E-state index contributed by atoms with van der Waals surface area (Å²) in [5.74, 6) is 1.01. The number of benzene rings is 2. The van der Waals surface area contributed by atoms with Crippen LogP contribution in [0.5, 0.6) is 0 Å². The Kier molecular flexibility index (Phi) is 4.60. The number of thioether (sulfide) groups is 1. The minimum atomic E-state index is -0.278. The molecular weight excluding hydrogens is 387 g/mol. The minimum absolute atomic E-state index is 0.000368. The van der Waals surface area contributed by atoms with E-state index in [0.717, 1.165) is 17.0 Å². The molecule has 144 valence electrons. The zero-order valence-electron chi connectivity index (χ0n) is 15.5. The van der Waals surface area contributed by atoms with E-state index in [9.17, 15) is 9.18 Å². The third-order valence-electron chi connectivity index (χ3n) is 5.12. The van der Waals surface area contributed by atoms with Crippen molar-refractivity contribution in [2.45, 2.75) is 29.7 Å². The Morgan fingerprint density at radius 3 is 2.62 bits per heavy atom. The van der Waals surface area contributed by atoms with E-state index in [1.165, 1.54) is 29.5 Å². The Balaban J connectivity index is 1.41. The molecule has 1 aliphatic carbocycles. The molecule has 0 aliphatic heterocycles. The number of rotatable bonds is 4. The van der Waals surface area contributed by atoms with Crippen LogP contribution < -0.4 is 0 Å². The summed E-state index contributed by atoms with van der Waals surface area (Å²) in [6, 6.07) is 16.5. The van der Waals surface area contributed by atoms with Gasteiger partial charge in [-0.1, -0.05) is 54.2 Å². The van der Waals surface area contributed by atoms with Crippen LogP contribution in [0.2, 0.25) is 0 Å². The molecule has 0 unspecified atom stereocenters. The average Bonchev–Trinajstić information content (AvgIpc) is 3.14. The average molecular weight is 404 g/mol. The third-order valence-corrected chi connectivity index (χ3v) is 6.02. The number of aromatic nitrogens is 4. The van der Waals surface area contributed by atoms with Crippen LogP contribution in [-0.2, 0) is 12.2 Å². The second kappa shape index (κ2) is 7.40. The zero-order valence-corrected chi connectivity index (χ0v) is 16.3. The molecule has 0 radical (unpaired) electrons. The summed E-state index contributed by atoms with van der Waals surface area (Å²) in [7, 11) is 0. The molecule has 0 saturated heterocycles. The summed E-state index contributed by atoms with van der Waals surface area (Å²) in [6.07, 6.45) is 2.75. The van der Waals surface area contributed by atoms with Crippen LogP contribution >= 0.6 is 11.8 Å². The highest BCUT2D eigenvalue weighted by Gasteiger charge is 2.28. The van der Waals surface area contributed by atoms with Gasteiger partial charge in [-0.25, -0.2) is 13.9 Å². The molecular formula is C22H17FN4OS. The molecule has 0 saturated carbocycles. The molecule has 0 fully saturated rings. The number of carbonyl (C=O) groups is 1. The van der Waals surface area contributed by atoms with Crippen LogP contribution in [-0.4, -0.2) is 25.4 Å². The quantitative estimate of drug-likeness (QED) is 0.470. The van der Waals surface area contributed by atoms with Crippen molar-refractivity contribution in [3.63, 3.8) is 0 Å². The Morgan fingerprint density at radius 1 is 1.03 bits per heavy atom. The van der Waals surface area contributed by atoms with E-state index in [2.05, 4.69) is 27.2 Å². The van der Waals surface area contributed by atoms with Crippen molar-refractivity contribution in [3.05, 3.63) is 89.0 Å². The van der Waals surface area contributed by atoms with Crippen molar-refractivity contribution in [2.75, 3.05) is 0 Å². The van der Waals surface area contributed by atoms with Crippen molar-refractivity contribution in [1.29, 1.82) is 0 Å². The Labute approximate surface area is 171 Å². The first-order chi connectivity index (χ1) is 14.2. The van der Waals surface area contributed by atoms with Gasteiger partial charge in [0.1, 0.15) is 5.82 Å². The van der Waals surface area contributed by atoms with Crippen molar-refractivity contribution in [3.8, 4) is 0 Å². The van der Waals surface area contributed by atoms with Gasteiger partial charge in [0.25, 0.3) is 5.78 Å². The summed E-state index contributed by atoms with van der Waals surface area (Å²) in [4.78, 5) is 21.8. The van der Waals surface area contributed by atoms with E-state index in [1.807, 2.05) is 18.2 Å². The molecule has 4 aromatic rings. The predicted molar refractivity (Wildman–Crippen MR) is 109 cm³/mol. The first kappa shape index (κ1) is 18.0. The van der Waals surface area contributed by atoms with Gasteiger partial charge in [0.2, 0.25) is 5.16 Å². The number of carbonyl (C=O) groups excluding carboxylic acids is 1. The SMILES string of the molecule is O=C1C[C@H](c2ccc(F)cc2)Cc2nc3nc(SCc4ccccc4)nn3cc21. The standard InChI is InChI=1S/C22H17FN4OS/c23-17-8-6-15(7-9-17)16-10-19-18(20(28)11-16)12-27-21(24-19)25-22(26-27)29-13-14-4-2-1-3-5-14/h1-9,12,16H,10-11,13H2/t16-/m1/s1. The second-order valence-electron chi connectivity index (χ2n) is 7.09. The zero-order chi connectivity index (χ0) is 19.8. The number of hydrogen-bond donors (Lipinski definition) is 0. The normalized spacial score (nSPS) is 16.2. The van der Waals surface area contributed by atoms with Crippen LogP contribution in [0, 0.1) is 5.82 Å². The van der Waals surface area contributed by atoms with E-state index < -0.39 is 0 Å². The van der Waals surface area contributed by atoms with Crippen LogP contribution in [0.1, 0.15) is 39.5 Å². The van der Waals surface area contributed by atoms with Gasteiger partial charge in [0.15, 0.2) is 5.78 Å². The molecule has 7 heteroatoms. The topological polar surface area (TPSA) is 60.2 Å². The van der Waals surface area contributed by atoms with Gasteiger partial charge in [-0.3, -0.25) is 4.79 Å². The maximum Gasteiger partial charge on any atom is 0.253 e. The highest BCUT2D eigenvalue weighted by Crippen LogP contribution is 2.32.